The largest absolute Gasteiger partial charge is 0.319 e. The standard InChI is InChI=1S/C24H21BrN4O/c1-15-6-4-8-18(14-15)23-27-22(24(30)26-20-12-10-19(25)11-13-20)28-29(23)21-9-5-7-16(2)17(21)3/h4-14H,1-3H3,(H,26,30). The molecule has 4 rings (SSSR count). The van der Waals surface area contributed by atoms with E-state index < -0.39 is 0 Å². The van der Waals surface area contributed by atoms with Crippen molar-refractivity contribution in [2.45, 2.75) is 20.8 Å². The highest BCUT2D eigenvalue weighted by Gasteiger charge is 2.20. The average Bonchev–Trinajstić information content (AvgIpc) is 3.17. The van der Waals surface area contributed by atoms with E-state index in [9.17, 15) is 4.79 Å². The number of benzene rings is 3. The SMILES string of the molecule is Cc1cccc(-c2nc(C(=O)Nc3ccc(Br)cc3)nn2-c2cccc(C)c2C)c1. The van der Waals surface area contributed by atoms with Crippen LogP contribution in [0.2, 0.25) is 0 Å². The van der Waals surface area contributed by atoms with Gasteiger partial charge in [0.2, 0.25) is 5.82 Å². The van der Waals surface area contributed by atoms with Gasteiger partial charge in [0.1, 0.15) is 0 Å². The number of rotatable bonds is 4. The van der Waals surface area contributed by atoms with E-state index in [0.29, 0.717) is 11.5 Å². The molecule has 0 spiro atoms. The Bertz CT molecular complexity index is 1230. The number of hydrogen-bond donors (Lipinski definition) is 1. The fraction of sp³-hybridized carbons (Fsp3) is 0.125. The third kappa shape index (κ3) is 4.04. The van der Waals surface area contributed by atoms with Crippen molar-refractivity contribution in [3.05, 3.63) is 93.7 Å². The summed E-state index contributed by atoms with van der Waals surface area (Å²) in [4.78, 5) is 17.5. The number of halogens is 1. The van der Waals surface area contributed by atoms with E-state index >= 15 is 0 Å². The smallest absolute Gasteiger partial charge is 0.295 e. The molecule has 0 fully saturated rings. The van der Waals surface area contributed by atoms with Crippen LogP contribution in [0.1, 0.15) is 27.3 Å². The van der Waals surface area contributed by atoms with Crippen molar-refractivity contribution in [1.29, 1.82) is 0 Å². The molecule has 1 amide bonds. The summed E-state index contributed by atoms with van der Waals surface area (Å²) in [6.07, 6.45) is 0. The molecule has 30 heavy (non-hydrogen) atoms. The van der Waals surface area contributed by atoms with Crippen molar-refractivity contribution >= 4 is 27.5 Å². The normalized spacial score (nSPS) is 10.8. The summed E-state index contributed by atoms with van der Waals surface area (Å²) in [5.74, 6) is 0.402. The molecule has 0 saturated carbocycles. The van der Waals surface area contributed by atoms with Crippen LogP contribution in [0, 0.1) is 20.8 Å². The van der Waals surface area contributed by atoms with E-state index in [1.54, 1.807) is 4.68 Å². The van der Waals surface area contributed by atoms with Crippen LogP contribution in [0.4, 0.5) is 5.69 Å². The Labute approximate surface area is 183 Å². The number of anilines is 1. The van der Waals surface area contributed by atoms with E-state index in [2.05, 4.69) is 44.3 Å². The number of nitrogens with one attached hydrogen (secondary N) is 1. The first kappa shape index (κ1) is 20.0. The molecule has 0 aliphatic heterocycles. The van der Waals surface area contributed by atoms with Crippen molar-refractivity contribution in [3.8, 4) is 17.1 Å². The van der Waals surface area contributed by atoms with Gasteiger partial charge in [-0.05, 0) is 68.3 Å². The molecule has 4 aromatic rings. The summed E-state index contributed by atoms with van der Waals surface area (Å²) in [6, 6.07) is 21.5. The number of carbonyl (C=O) groups excluding carboxylic acids is 1. The molecule has 0 unspecified atom stereocenters. The minimum atomic E-state index is -0.352. The predicted molar refractivity (Wildman–Crippen MR) is 123 cm³/mol. The van der Waals surface area contributed by atoms with Gasteiger partial charge in [-0.2, -0.15) is 0 Å². The first-order valence-corrected chi connectivity index (χ1v) is 10.4. The van der Waals surface area contributed by atoms with Gasteiger partial charge < -0.3 is 5.32 Å². The van der Waals surface area contributed by atoms with Gasteiger partial charge in [-0.25, -0.2) is 9.67 Å². The molecular formula is C24H21BrN4O. The third-order valence-electron chi connectivity index (χ3n) is 4.99. The van der Waals surface area contributed by atoms with Crippen LogP contribution in [0.3, 0.4) is 0 Å². The number of hydrogen-bond acceptors (Lipinski definition) is 3. The van der Waals surface area contributed by atoms with Gasteiger partial charge in [0.15, 0.2) is 5.82 Å². The second-order valence-corrected chi connectivity index (χ2v) is 8.14. The highest BCUT2D eigenvalue weighted by molar-refractivity contribution is 9.10. The lowest BCUT2D eigenvalue weighted by atomic mass is 10.1. The molecule has 0 radical (unpaired) electrons. The second kappa shape index (κ2) is 8.24. The Morgan fingerprint density at radius 3 is 2.43 bits per heavy atom. The molecule has 150 valence electrons. The zero-order chi connectivity index (χ0) is 21.3. The fourth-order valence-electron chi connectivity index (χ4n) is 3.23. The molecule has 1 heterocycles. The monoisotopic (exact) mass is 460 g/mol. The first-order chi connectivity index (χ1) is 14.4. The Balaban J connectivity index is 1.80. The Morgan fingerprint density at radius 2 is 1.70 bits per heavy atom. The van der Waals surface area contributed by atoms with Crippen LogP contribution in [0.15, 0.2) is 71.2 Å². The van der Waals surface area contributed by atoms with E-state index in [1.165, 1.54) is 0 Å². The van der Waals surface area contributed by atoms with Crippen LogP contribution < -0.4 is 5.32 Å². The Hall–Kier alpha value is -3.25. The first-order valence-electron chi connectivity index (χ1n) is 9.60. The topological polar surface area (TPSA) is 59.8 Å². The van der Waals surface area contributed by atoms with Gasteiger partial charge in [0, 0.05) is 15.7 Å². The molecule has 3 aromatic carbocycles. The van der Waals surface area contributed by atoms with Gasteiger partial charge >= 0.3 is 0 Å². The molecule has 1 N–H and O–H groups in total. The minimum Gasteiger partial charge on any atom is -0.319 e. The highest BCUT2D eigenvalue weighted by atomic mass is 79.9. The molecule has 0 atom stereocenters. The minimum absolute atomic E-state index is 0.121. The summed E-state index contributed by atoms with van der Waals surface area (Å²) in [7, 11) is 0. The lowest BCUT2D eigenvalue weighted by Crippen LogP contribution is -2.14. The summed E-state index contributed by atoms with van der Waals surface area (Å²) < 4.78 is 2.70. The zero-order valence-corrected chi connectivity index (χ0v) is 18.6. The molecule has 0 aliphatic carbocycles. The van der Waals surface area contributed by atoms with E-state index in [4.69, 9.17) is 0 Å². The van der Waals surface area contributed by atoms with E-state index in [-0.39, 0.29) is 11.7 Å². The highest BCUT2D eigenvalue weighted by Crippen LogP contribution is 2.25. The van der Waals surface area contributed by atoms with Crippen LogP contribution in [-0.4, -0.2) is 20.7 Å². The number of aromatic nitrogens is 3. The van der Waals surface area contributed by atoms with Crippen molar-refractivity contribution in [1.82, 2.24) is 14.8 Å². The molecule has 0 saturated heterocycles. The van der Waals surface area contributed by atoms with Crippen LogP contribution in [-0.2, 0) is 0 Å². The summed E-state index contributed by atoms with van der Waals surface area (Å²) in [5.41, 5.74) is 5.86. The van der Waals surface area contributed by atoms with Gasteiger partial charge in [-0.3, -0.25) is 4.79 Å². The maximum Gasteiger partial charge on any atom is 0.295 e. The lowest BCUT2D eigenvalue weighted by molar-refractivity contribution is 0.101. The molecular weight excluding hydrogens is 440 g/mol. The summed E-state index contributed by atoms with van der Waals surface area (Å²) in [6.45, 7) is 6.14. The molecule has 0 bridgehead atoms. The number of aryl methyl sites for hydroxylation is 2. The zero-order valence-electron chi connectivity index (χ0n) is 17.0. The van der Waals surface area contributed by atoms with Crippen molar-refractivity contribution in [2.24, 2.45) is 0 Å². The molecule has 6 heteroatoms. The predicted octanol–water partition coefficient (Wildman–Crippen LogP) is 5.87. The van der Waals surface area contributed by atoms with Gasteiger partial charge in [-0.1, -0.05) is 51.8 Å². The maximum absolute atomic E-state index is 12.9. The Morgan fingerprint density at radius 1 is 0.967 bits per heavy atom. The van der Waals surface area contributed by atoms with Crippen LogP contribution in [0.5, 0.6) is 0 Å². The molecule has 5 nitrogen and oxygen atoms in total. The Kier molecular flexibility index (Phi) is 5.50. The van der Waals surface area contributed by atoms with Crippen molar-refractivity contribution in [3.63, 3.8) is 0 Å². The van der Waals surface area contributed by atoms with Crippen molar-refractivity contribution in [2.75, 3.05) is 5.32 Å². The average molecular weight is 461 g/mol. The third-order valence-corrected chi connectivity index (χ3v) is 5.52. The van der Waals surface area contributed by atoms with E-state index in [0.717, 1.165) is 32.4 Å². The lowest BCUT2D eigenvalue weighted by Gasteiger charge is -2.11. The number of amides is 1. The fourth-order valence-corrected chi connectivity index (χ4v) is 3.50. The second-order valence-electron chi connectivity index (χ2n) is 7.22. The van der Waals surface area contributed by atoms with Gasteiger partial charge in [-0.15, -0.1) is 5.10 Å². The van der Waals surface area contributed by atoms with Crippen LogP contribution >= 0.6 is 15.9 Å². The van der Waals surface area contributed by atoms with E-state index in [1.807, 2.05) is 74.5 Å². The number of nitrogens with zero attached hydrogens (tertiary/aromatic N) is 3. The van der Waals surface area contributed by atoms with Crippen molar-refractivity contribution < 1.29 is 4.79 Å². The summed E-state index contributed by atoms with van der Waals surface area (Å²) in [5, 5.41) is 7.45. The maximum atomic E-state index is 12.9. The van der Waals surface area contributed by atoms with Gasteiger partial charge in [0.25, 0.3) is 5.91 Å². The van der Waals surface area contributed by atoms with Crippen LogP contribution in [0.25, 0.3) is 17.1 Å². The quantitative estimate of drug-likeness (QED) is 0.413. The molecule has 1 aromatic heterocycles. The molecule has 0 aliphatic rings. The van der Waals surface area contributed by atoms with Gasteiger partial charge in [0.05, 0.1) is 5.69 Å². The number of carbonyl (C=O) groups is 1. The summed E-state index contributed by atoms with van der Waals surface area (Å²) >= 11 is 3.40.